The van der Waals surface area contributed by atoms with Crippen molar-refractivity contribution in [2.45, 2.75) is 40.5 Å². The molecule has 0 radical (unpaired) electrons. The molecule has 0 aliphatic carbocycles. The van der Waals surface area contributed by atoms with Gasteiger partial charge >= 0.3 is 0 Å². The third kappa shape index (κ3) is 8.42. The summed E-state index contributed by atoms with van der Waals surface area (Å²) in [5, 5.41) is 10.3. The Morgan fingerprint density at radius 2 is 1.52 bits per heavy atom. The summed E-state index contributed by atoms with van der Waals surface area (Å²) in [6.45, 7) is 8.41. The highest BCUT2D eigenvalue weighted by Crippen LogP contribution is 2.22. The number of pyridine rings is 1. The highest BCUT2D eigenvalue weighted by molar-refractivity contribution is 7.80. The van der Waals surface area contributed by atoms with E-state index in [1.54, 1.807) is 6.20 Å². The van der Waals surface area contributed by atoms with E-state index in [2.05, 4.69) is 84.4 Å². The molecule has 1 heterocycles. The zero-order valence-corrected chi connectivity index (χ0v) is 21.2. The van der Waals surface area contributed by atoms with Crippen LogP contribution in [0.15, 0.2) is 60.8 Å². The molecule has 0 unspecified atom stereocenters. The Morgan fingerprint density at radius 3 is 2.06 bits per heavy atom. The van der Waals surface area contributed by atoms with Crippen molar-refractivity contribution in [3.63, 3.8) is 0 Å². The molecule has 0 amide bonds. The second-order valence-corrected chi connectivity index (χ2v) is 8.17. The Morgan fingerprint density at radius 1 is 0.818 bits per heavy atom. The van der Waals surface area contributed by atoms with E-state index in [4.69, 9.17) is 30.3 Å². The minimum atomic E-state index is 0.450. The summed E-state index contributed by atoms with van der Waals surface area (Å²) in [7, 11) is 0. The van der Waals surface area contributed by atoms with Crippen molar-refractivity contribution in [1.82, 2.24) is 10.4 Å². The van der Waals surface area contributed by atoms with Crippen molar-refractivity contribution in [3.8, 4) is 0 Å². The zero-order chi connectivity index (χ0) is 24.2. The van der Waals surface area contributed by atoms with Crippen LogP contribution in [0.3, 0.4) is 0 Å². The van der Waals surface area contributed by atoms with E-state index in [1.807, 2.05) is 24.3 Å². The molecule has 2 aromatic carbocycles. The molecule has 0 saturated carbocycles. The highest BCUT2D eigenvalue weighted by atomic mass is 32.1. The molecule has 174 valence electrons. The van der Waals surface area contributed by atoms with Gasteiger partial charge in [-0.25, -0.2) is 10.8 Å². The maximum Gasteiger partial charge on any atom is 0.185 e. The van der Waals surface area contributed by atoms with Gasteiger partial charge in [0.15, 0.2) is 10.2 Å². The van der Waals surface area contributed by atoms with Crippen LogP contribution in [0.4, 0.5) is 17.2 Å². The van der Waals surface area contributed by atoms with Gasteiger partial charge in [-0.1, -0.05) is 44.2 Å². The van der Waals surface area contributed by atoms with Gasteiger partial charge in [-0.2, -0.15) is 0 Å². The molecule has 0 saturated heterocycles. The van der Waals surface area contributed by atoms with Crippen LogP contribution >= 0.6 is 24.4 Å². The number of anilines is 3. The van der Waals surface area contributed by atoms with Gasteiger partial charge in [0.25, 0.3) is 0 Å². The van der Waals surface area contributed by atoms with Crippen molar-refractivity contribution in [3.05, 3.63) is 83.0 Å². The lowest BCUT2D eigenvalue weighted by atomic mass is 10.0. The lowest BCUT2D eigenvalue weighted by Crippen LogP contribution is -2.34. The average molecular weight is 481 g/mol. The summed E-state index contributed by atoms with van der Waals surface area (Å²) in [6, 6.07) is 18.1. The van der Waals surface area contributed by atoms with Crippen LogP contribution < -0.4 is 27.2 Å². The van der Waals surface area contributed by atoms with Crippen molar-refractivity contribution in [2.75, 3.05) is 16.0 Å². The van der Waals surface area contributed by atoms with Gasteiger partial charge in [-0.3, -0.25) is 0 Å². The molecule has 0 bridgehead atoms. The van der Waals surface area contributed by atoms with Gasteiger partial charge in [0.05, 0.1) is 0 Å². The average Bonchev–Trinajstić information content (AvgIpc) is 2.82. The standard InChI is InChI=1S/C14H15N3S.C11H17N3S/c1-10-6-7-12(9-11(10)2)16-14(18)17-13-5-3-4-8-15-13;1-3-8-6-5-7-9(4-2)10(8)13-11(15)14-12/h3-9H,1-2H3,(H2,15,16,17,18);5-7H,3-4,12H2,1-2H3,(H2,13,14,15). The van der Waals surface area contributed by atoms with Gasteiger partial charge < -0.3 is 21.4 Å². The molecule has 0 atom stereocenters. The van der Waals surface area contributed by atoms with Gasteiger partial charge in [-0.15, -0.1) is 0 Å². The maximum absolute atomic E-state index is 5.25. The molecule has 0 aliphatic rings. The van der Waals surface area contributed by atoms with Gasteiger partial charge in [0, 0.05) is 17.6 Å². The molecule has 0 aliphatic heterocycles. The Hall–Kier alpha value is -3.07. The topological polar surface area (TPSA) is 87.0 Å². The van der Waals surface area contributed by atoms with Crippen LogP contribution in [0.1, 0.15) is 36.1 Å². The van der Waals surface area contributed by atoms with Gasteiger partial charge in [0.2, 0.25) is 0 Å². The quantitative estimate of drug-likeness (QED) is 0.186. The van der Waals surface area contributed by atoms with Gasteiger partial charge in [0.1, 0.15) is 5.82 Å². The molecule has 1 aromatic heterocycles. The number of hydrogen-bond donors (Lipinski definition) is 5. The first-order valence-electron chi connectivity index (χ1n) is 10.8. The van der Waals surface area contributed by atoms with Crippen LogP contribution in [0, 0.1) is 13.8 Å². The lowest BCUT2D eigenvalue weighted by molar-refractivity contribution is 1.03. The summed E-state index contributed by atoms with van der Waals surface area (Å²) in [4.78, 5) is 4.15. The minimum absolute atomic E-state index is 0.450. The number of hydrazine groups is 1. The molecular formula is C25H32N6S2. The number of nitrogens with one attached hydrogen (secondary N) is 4. The fraction of sp³-hybridized carbons (Fsp3) is 0.240. The van der Waals surface area contributed by atoms with E-state index in [-0.39, 0.29) is 0 Å². The SMILES string of the molecule is CCc1cccc(CC)c1NC(=S)NN.Cc1ccc(NC(=S)Nc2ccccn2)cc1C. The number of nitrogens with zero attached hydrogens (tertiary/aromatic N) is 1. The summed E-state index contributed by atoms with van der Waals surface area (Å²) in [5.74, 6) is 5.98. The number of benzene rings is 2. The van der Waals surface area contributed by atoms with E-state index in [9.17, 15) is 0 Å². The van der Waals surface area contributed by atoms with E-state index in [0.717, 1.165) is 30.0 Å². The number of aryl methyl sites for hydroxylation is 4. The molecule has 0 fully saturated rings. The van der Waals surface area contributed by atoms with Gasteiger partial charge in [-0.05, 0) is 97.6 Å². The van der Waals surface area contributed by atoms with Crippen molar-refractivity contribution < 1.29 is 0 Å². The molecule has 33 heavy (non-hydrogen) atoms. The monoisotopic (exact) mass is 480 g/mol. The van der Waals surface area contributed by atoms with E-state index >= 15 is 0 Å². The molecular weight excluding hydrogens is 448 g/mol. The van der Waals surface area contributed by atoms with Crippen LogP contribution in [-0.2, 0) is 12.8 Å². The molecule has 3 rings (SSSR count). The van der Waals surface area contributed by atoms with E-state index < -0.39 is 0 Å². The first-order valence-corrected chi connectivity index (χ1v) is 11.6. The van der Waals surface area contributed by atoms with Crippen LogP contribution in [-0.4, -0.2) is 15.2 Å². The minimum Gasteiger partial charge on any atom is -0.332 e. The van der Waals surface area contributed by atoms with Crippen molar-refractivity contribution in [2.24, 2.45) is 5.84 Å². The predicted molar refractivity (Wildman–Crippen MR) is 149 cm³/mol. The third-order valence-electron chi connectivity index (χ3n) is 5.04. The Bertz CT molecular complexity index is 1050. The largest absolute Gasteiger partial charge is 0.332 e. The molecule has 6 nitrogen and oxygen atoms in total. The number of rotatable bonds is 5. The number of hydrogen-bond acceptors (Lipinski definition) is 4. The Kier molecular flexibility index (Phi) is 10.7. The molecule has 3 aromatic rings. The molecule has 6 N–H and O–H groups in total. The number of para-hydroxylation sites is 1. The molecule has 8 heteroatoms. The molecule has 0 spiro atoms. The number of nitrogens with two attached hydrogens (primary N) is 1. The Balaban J connectivity index is 0.000000238. The summed E-state index contributed by atoms with van der Waals surface area (Å²) in [5.41, 5.74) is 9.52. The number of thiocarbonyl (C=S) groups is 2. The summed E-state index contributed by atoms with van der Waals surface area (Å²) < 4.78 is 0. The van der Waals surface area contributed by atoms with Crippen LogP contribution in [0.2, 0.25) is 0 Å². The summed E-state index contributed by atoms with van der Waals surface area (Å²) in [6.07, 6.45) is 3.67. The second kappa shape index (κ2) is 13.5. The first-order chi connectivity index (χ1) is 15.9. The van der Waals surface area contributed by atoms with Crippen LogP contribution in [0.5, 0.6) is 0 Å². The summed E-state index contributed by atoms with van der Waals surface area (Å²) >= 11 is 10.2. The highest BCUT2D eigenvalue weighted by Gasteiger charge is 2.06. The van der Waals surface area contributed by atoms with Crippen LogP contribution in [0.25, 0.3) is 0 Å². The smallest absolute Gasteiger partial charge is 0.185 e. The normalized spacial score (nSPS) is 9.85. The number of aromatic nitrogens is 1. The zero-order valence-electron chi connectivity index (χ0n) is 19.5. The van der Waals surface area contributed by atoms with Crippen molar-refractivity contribution >= 4 is 51.9 Å². The predicted octanol–water partition coefficient (Wildman–Crippen LogP) is 5.48. The lowest BCUT2D eigenvalue weighted by Gasteiger charge is -2.15. The van der Waals surface area contributed by atoms with E-state index in [0.29, 0.717) is 10.2 Å². The maximum atomic E-state index is 5.25. The fourth-order valence-corrected chi connectivity index (χ4v) is 3.41. The van der Waals surface area contributed by atoms with E-state index in [1.165, 1.54) is 22.3 Å². The van der Waals surface area contributed by atoms with Crippen molar-refractivity contribution in [1.29, 1.82) is 0 Å². The second-order valence-electron chi connectivity index (χ2n) is 7.35. The Labute approximate surface area is 207 Å². The third-order valence-corrected chi connectivity index (χ3v) is 5.46. The fourth-order valence-electron chi connectivity index (χ4n) is 3.09. The first kappa shape index (κ1) is 26.2.